The zero-order valence-electron chi connectivity index (χ0n) is 16.0. The number of nitrogens with zero attached hydrogens (tertiary/aromatic N) is 1. The van der Waals surface area contributed by atoms with Gasteiger partial charge in [0.1, 0.15) is 5.75 Å². The molecular formula is C22H18N2O6. The number of esters is 1. The third-order valence-electron chi connectivity index (χ3n) is 4.01. The van der Waals surface area contributed by atoms with Crippen LogP contribution in [0.3, 0.4) is 0 Å². The maximum atomic E-state index is 12.8. The molecule has 0 aromatic heterocycles. The van der Waals surface area contributed by atoms with Crippen LogP contribution in [0.5, 0.6) is 11.5 Å². The molecule has 3 rings (SSSR count). The lowest BCUT2D eigenvalue weighted by Crippen LogP contribution is -2.14. The van der Waals surface area contributed by atoms with Gasteiger partial charge in [0.15, 0.2) is 5.75 Å². The van der Waals surface area contributed by atoms with E-state index in [0.717, 1.165) is 12.1 Å². The first-order chi connectivity index (χ1) is 14.5. The minimum Gasteiger partial charge on any atom is -0.462 e. The van der Waals surface area contributed by atoms with Gasteiger partial charge in [-0.3, -0.25) is 14.9 Å². The molecular weight excluding hydrogens is 388 g/mol. The molecule has 0 aliphatic carbocycles. The van der Waals surface area contributed by atoms with Crippen LogP contribution in [0.4, 0.5) is 11.4 Å². The average molecular weight is 406 g/mol. The Morgan fingerprint density at radius 1 is 0.967 bits per heavy atom. The van der Waals surface area contributed by atoms with Crippen LogP contribution in [0, 0.1) is 10.1 Å². The Bertz CT molecular complexity index is 1080. The largest absolute Gasteiger partial charge is 0.462 e. The van der Waals surface area contributed by atoms with Crippen molar-refractivity contribution in [2.45, 2.75) is 6.92 Å². The fraction of sp³-hybridized carbons (Fsp3) is 0.0909. The summed E-state index contributed by atoms with van der Waals surface area (Å²) in [7, 11) is 0. The van der Waals surface area contributed by atoms with Crippen molar-refractivity contribution in [1.82, 2.24) is 0 Å². The van der Waals surface area contributed by atoms with Crippen LogP contribution >= 0.6 is 0 Å². The molecule has 0 heterocycles. The fourth-order valence-electron chi connectivity index (χ4n) is 2.65. The van der Waals surface area contributed by atoms with Gasteiger partial charge >= 0.3 is 5.97 Å². The van der Waals surface area contributed by atoms with E-state index in [4.69, 9.17) is 9.47 Å². The molecule has 0 aliphatic heterocycles. The normalized spacial score (nSPS) is 10.2. The van der Waals surface area contributed by atoms with E-state index in [0.29, 0.717) is 17.2 Å². The number of amides is 1. The van der Waals surface area contributed by atoms with E-state index in [1.54, 1.807) is 43.3 Å². The third kappa shape index (κ3) is 4.99. The Hall–Kier alpha value is -4.20. The van der Waals surface area contributed by atoms with Crippen molar-refractivity contribution >= 4 is 23.3 Å². The zero-order chi connectivity index (χ0) is 21.5. The lowest BCUT2D eigenvalue weighted by Gasteiger charge is -2.12. The molecule has 152 valence electrons. The van der Waals surface area contributed by atoms with Gasteiger partial charge in [-0.2, -0.15) is 0 Å². The lowest BCUT2D eigenvalue weighted by atomic mass is 10.1. The first-order valence-corrected chi connectivity index (χ1v) is 9.08. The number of nitrogens with one attached hydrogen (secondary N) is 1. The van der Waals surface area contributed by atoms with E-state index in [2.05, 4.69) is 5.32 Å². The number of hydrogen-bond donors (Lipinski definition) is 1. The number of carbonyl (C=O) groups excluding carboxylic acids is 2. The Morgan fingerprint density at radius 2 is 1.63 bits per heavy atom. The summed E-state index contributed by atoms with van der Waals surface area (Å²) >= 11 is 0. The van der Waals surface area contributed by atoms with Crippen molar-refractivity contribution < 1.29 is 24.0 Å². The fourth-order valence-corrected chi connectivity index (χ4v) is 2.65. The molecule has 8 nitrogen and oxygen atoms in total. The molecule has 0 saturated heterocycles. The second-order valence-electron chi connectivity index (χ2n) is 6.11. The van der Waals surface area contributed by atoms with Crippen LogP contribution in [0.15, 0.2) is 72.8 Å². The van der Waals surface area contributed by atoms with Gasteiger partial charge in [-0.15, -0.1) is 0 Å². The van der Waals surface area contributed by atoms with Gasteiger partial charge in [0.2, 0.25) is 0 Å². The first-order valence-electron chi connectivity index (χ1n) is 9.08. The highest BCUT2D eigenvalue weighted by atomic mass is 16.6. The standard InChI is InChI=1S/C22H18N2O6/c1-2-29-22(26)16-12-15(13-17(14-16)24(27)28)21(25)23-19-10-6-7-11-20(19)30-18-8-4-3-5-9-18/h3-14H,2H2,1H3,(H,23,25). The summed E-state index contributed by atoms with van der Waals surface area (Å²) in [6.45, 7) is 1.72. The first kappa shape index (κ1) is 20.5. The minimum atomic E-state index is -0.747. The molecule has 0 atom stereocenters. The predicted octanol–water partition coefficient (Wildman–Crippen LogP) is 4.82. The Balaban J connectivity index is 1.89. The molecule has 3 aromatic carbocycles. The molecule has 30 heavy (non-hydrogen) atoms. The van der Waals surface area contributed by atoms with Crippen LogP contribution in [0.25, 0.3) is 0 Å². The third-order valence-corrected chi connectivity index (χ3v) is 4.01. The van der Waals surface area contributed by atoms with Crippen LogP contribution in [-0.4, -0.2) is 23.4 Å². The van der Waals surface area contributed by atoms with E-state index in [1.807, 2.05) is 18.2 Å². The zero-order valence-corrected chi connectivity index (χ0v) is 16.0. The summed E-state index contributed by atoms with van der Waals surface area (Å²) in [6.07, 6.45) is 0. The number of nitro groups is 1. The molecule has 8 heteroatoms. The SMILES string of the molecule is CCOC(=O)c1cc(C(=O)Nc2ccccc2Oc2ccccc2)cc([N+](=O)[O-])c1. The molecule has 3 aromatic rings. The van der Waals surface area contributed by atoms with E-state index in [1.165, 1.54) is 6.07 Å². The highest BCUT2D eigenvalue weighted by Gasteiger charge is 2.19. The van der Waals surface area contributed by atoms with E-state index in [-0.39, 0.29) is 23.4 Å². The molecule has 1 amide bonds. The summed E-state index contributed by atoms with van der Waals surface area (Å²) < 4.78 is 10.7. The summed E-state index contributed by atoms with van der Waals surface area (Å²) in [5.74, 6) is -0.399. The number of para-hydroxylation sites is 3. The maximum absolute atomic E-state index is 12.8. The van der Waals surface area contributed by atoms with Crippen molar-refractivity contribution in [1.29, 1.82) is 0 Å². The minimum absolute atomic E-state index is 0.0539. The summed E-state index contributed by atoms with van der Waals surface area (Å²) in [5, 5.41) is 13.9. The van der Waals surface area contributed by atoms with Gasteiger partial charge < -0.3 is 14.8 Å². The van der Waals surface area contributed by atoms with Crippen molar-refractivity contribution in [2.75, 3.05) is 11.9 Å². The monoisotopic (exact) mass is 406 g/mol. The number of rotatable bonds is 7. The molecule has 0 unspecified atom stereocenters. The van der Waals surface area contributed by atoms with Crippen molar-refractivity contribution in [3.8, 4) is 11.5 Å². The van der Waals surface area contributed by atoms with Crippen LogP contribution in [0.2, 0.25) is 0 Å². The highest BCUT2D eigenvalue weighted by Crippen LogP contribution is 2.30. The van der Waals surface area contributed by atoms with E-state index >= 15 is 0 Å². The molecule has 0 fully saturated rings. The smallest absolute Gasteiger partial charge is 0.338 e. The number of nitro benzene ring substituents is 1. The average Bonchev–Trinajstić information content (AvgIpc) is 2.75. The number of ether oxygens (including phenoxy) is 2. The van der Waals surface area contributed by atoms with Gasteiger partial charge in [-0.25, -0.2) is 4.79 Å². The summed E-state index contributed by atoms with van der Waals surface area (Å²) in [6, 6.07) is 19.2. The highest BCUT2D eigenvalue weighted by molar-refractivity contribution is 6.07. The van der Waals surface area contributed by atoms with Crippen LogP contribution in [-0.2, 0) is 4.74 Å². The number of anilines is 1. The van der Waals surface area contributed by atoms with Gasteiger partial charge in [-0.1, -0.05) is 30.3 Å². The van der Waals surface area contributed by atoms with Gasteiger partial charge in [-0.05, 0) is 37.3 Å². The lowest BCUT2D eigenvalue weighted by molar-refractivity contribution is -0.384. The molecule has 1 N–H and O–H groups in total. The van der Waals surface area contributed by atoms with Crippen LogP contribution < -0.4 is 10.1 Å². The Labute approximate surface area is 172 Å². The summed E-state index contributed by atoms with van der Waals surface area (Å²) in [5.41, 5.74) is -0.151. The maximum Gasteiger partial charge on any atom is 0.338 e. The molecule has 0 radical (unpaired) electrons. The molecule has 0 saturated carbocycles. The van der Waals surface area contributed by atoms with Gasteiger partial charge in [0, 0.05) is 17.7 Å². The van der Waals surface area contributed by atoms with E-state index in [9.17, 15) is 19.7 Å². The van der Waals surface area contributed by atoms with Crippen LogP contribution in [0.1, 0.15) is 27.6 Å². The van der Waals surface area contributed by atoms with Crippen molar-refractivity contribution in [3.05, 3.63) is 94.0 Å². The molecule has 0 spiro atoms. The van der Waals surface area contributed by atoms with E-state index < -0.39 is 16.8 Å². The number of benzene rings is 3. The van der Waals surface area contributed by atoms with Gasteiger partial charge in [0.25, 0.3) is 11.6 Å². The summed E-state index contributed by atoms with van der Waals surface area (Å²) in [4.78, 5) is 35.3. The quantitative estimate of drug-likeness (QED) is 0.342. The van der Waals surface area contributed by atoms with Crippen molar-refractivity contribution in [2.24, 2.45) is 0 Å². The number of carbonyl (C=O) groups is 2. The number of hydrogen-bond acceptors (Lipinski definition) is 6. The molecule has 0 bridgehead atoms. The predicted molar refractivity (Wildman–Crippen MR) is 110 cm³/mol. The second kappa shape index (κ2) is 9.33. The Kier molecular flexibility index (Phi) is 6.39. The topological polar surface area (TPSA) is 108 Å². The number of non-ortho nitro benzene ring substituents is 1. The van der Waals surface area contributed by atoms with Gasteiger partial charge in [0.05, 0.1) is 22.8 Å². The van der Waals surface area contributed by atoms with Crippen molar-refractivity contribution in [3.63, 3.8) is 0 Å². The molecule has 0 aliphatic rings. The Morgan fingerprint density at radius 3 is 2.33 bits per heavy atom. The second-order valence-corrected chi connectivity index (χ2v) is 6.11.